The largest absolute Gasteiger partial charge is 0.324 e. The van der Waals surface area contributed by atoms with Crippen LogP contribution in [0.25, 0.3) is 27.7 Å². The van der Waals surface area contributed by atoms with E-state index in [1.54, 1.807) is 6.08 Å². The summed E-state index contributed by atoms with van der Waals surface area (Å²) >= 11 is 0. The smallest absolute Gasteiger partial charge is 0.249 e. The number of nitrogens with zero attached hydrogens (tertiary/aromatic N) is 2. The number of aryl methyl sites for hydroxylation is 4. The second-order valence-corrected chi connectivity index (χ2v) is 11.3. The molecule has 1 aromatic heterocycles. The van der Waals surface area contributed by atoms with Gasteiger partial charge in [-0.3, -0.25) is 4.79 Å². The van der Waals surface area contributed by atoms with Crippen molar-refractivity contribution in [3.63, 3.8) is 0 Å². The average Bonchev–Trinajstić information content (AvgIpc) is 3.26. The molecule has 210 valence electrons. The molecule has 0 atom stereocenters. The fourth-order valence-corrected chi connectivity index (χ4v) is 6.30. The van der Waals surface area contributed by atoms with E-state index in [1.165, 1.54) is 33.4 Å². The van der Waals surface area contributed by atoms with Crippen LogP contribution in [0.5, 0.6) is 0 Å². The first-order valence-electron chi connectivity index (χ1n) is 14.8. The molecule has 0 saturated heterocycles. The molecule has 6 aromatic rings. The molecule has 0 spiro atoms. The van der Waals surface area contributed by atoms with Crippen LogP contribution in [-0.4, -0.2) is 15.5 Å². The molecule has 7 rings (SSSR count). The lowest BCUT2D eigenvalue weighted by molar-refractivity contribution is -0.111. The van der Waals surface area contributed by atoms with Gasteiger partial charge in [-0.15, -0.1) is 0 Å². The summed E-state index contributed by atoms with van der Waals surface area (Å²) in [5.41, 5.74) is 13.5. The number of imidazole rings is 1. The first kappa shape index (κ1) is 26.7. The third-order valence-electron chi connectivity index (χ3n) is 8.43. The Hall–Kier alpha value is -5.22. The molecule has 1 heterocycles. The van der Waals surface area contributed by atoms with E-state index in [0.29, 0.717) is 0 Å². The van der Waals surface area contributed by atoms with Crippen molar-refractivity contribution < 1.29 is 4.79 Å². The average molecular weight is 560 g/mol. The third-order valence-corrected chi connectivity index (χ3v) is 8.43. The molecule has 5 aromatic carbocycles. The van der Waals surface area contributed by atoms with Gasteiger partial charge < -0.3 is 9.88 Å². The summed E-state index contributed by atoms with van der Waals surface area (Å²) in [7, 11) is 0. The molecule has 1 aliphatic carbocycles. The van der Waals surface area contributed by atoms with Gasteiger partial charge >= 0.3 is 0 Å². The van der Waals surface area contributed by atoms with Crippen LogP contribution in [-0.2, 0) is 24.2 Å². The van der Waals surface area contributed by atoms with Gasteiger partial charge in [0, 0.05) is 18.3 Å². The van der Waals surface area contributed by atoms with Gasteiger partial charge in [0.25, 0.3) is 0 Å². The Bertz CT molecular complexity index is 2000. The van der Waals surface area contributed by atoms with E-state index in [-0.39, 0.29) is 5.91 Å². The molecule has 4 nitrogen and oxygen atoms in total. The molecular formula is C39H33N3O. The van der Waals surface area contributed by atoms with Gasteiger partial charge in [-0.05, 0) is 101 Å². The van der Waals surface area contributed by atoms with Gasteiger partial charge in [0.05, 0.1) is 11.0 Å². The number of benzene rings is 5. The molecular weight excluding hydrogens is 526 g/mol. The lowest BCUT2D eigenvalue weighted by Gasteiger charge is -2.15. The molecule has 0 bridgehead atoms. The number of hydrogen-bond donors (Lipinski definition) is 1. The second kappa shape index (κ2) is 11.2. The van der Waals surface area contributed by atoms with Gasteiger partial charge in [0.15, 0.2) is 0 Å². The van der Waals surface area contributed by atoms with Crippen LogP contribution in [0.2, 0.25) is 0 Å². The zero-order valence-corrected chi connectivity index (χ0v) is 24.5. The van der Waals surface area contributed by atoms with Crippen molar-refractivity contribution in [3.8, 4) is 11.1 Å². The maximum Gasteiger partial charge on any atom is 0.249 e. The van der Waals surface area contributed by atoms with E-state index in [0.717, 1.165) is 58.6 Å². The Morgan fingerprint density at radius 2 is 1.47 bits per heavy atom. The van der Waals surface area contributed by atoms with Crippen molar-refractivity contribution in [2.45, 2.75) is 33.2 Å². The molecule has 0 fully saturated rings. The van der Waals surface area contributed by atoms with Crippen LogP contribution in [0.3, 0.4) is 0 Å². The number of rotatable bonds is 5. The van der Waals surface area contributed by atoms with Crippen molar-refractivity contribution in [3.05, 3.63) is 161 Å². The monoisotopic (exact) mass is 559 g/mol. The Morgan fingerprint density at radius 3 is 2.28 bits per heavy atom. The summed E-state index contributed by atoms with van der Waals surface area (Å²) < 4.78 is 2.33. The minimum Gasteiger partial charge on any atom is -0.324 e. The molecule has 1 N–H and O–H groups in total. The highest BCUT2D eigenvalue weighted by atomic mass is 16.1. The van der Waals surface area contributed by atoms with Crippen LogP contribution < -0.4 is 5.32 Å². The van der Waals surface area contributed by atoms with Gasteiger partial charge in [-0.1, -0.05) is 91.0 Å². The van der Waals surface area contributed by atoms with Crippen LogP contribution in [0.1, 0.15) is 39.2 Å². The first-order chi connectivity index (χ1) is 21.0. The Kier molecular flexibility index (Phi) is 6.96. The fraction of sp³-hybridized carbons (Fsp3) is 0.128. The van der Waals surface area contributed by atoms with Crippen LogP contribution in [0.15, 0.2) is 121 Å². The highest BCUT2D eigenvalue weighted by molar-refractivity contribution is 6.07. The quantitative estimate of drug-likeness (QED) is 0.215. The number of carbonyl (C=O) groups excluding carboxylic acids is 1. The zero-order chi connectivity index (χ0) is 29.3. The minimum absolute atomic E-state index is 0.127. The fourth-order valence-electron chi connectivity index (χ4n) is 6.30. The maximum absolute atomic E-state index is 13.2. The molecule has 1 amide bonds. The van der Waals surface area contributed by atoms with E-state index in [4.69, 9.17) is 4.98 Å². The maximum atomic E-state index is 13.2. The number of anilines is 1. The lowest BCUT2D eigenvalue weighted by atomic mass is 9.92. The summed E-state index contributed by atoms with van der Waals surface area (Å²) in [6.07, 6.45) is 3.60. The van der Waals surface area contributed by atoms with Crippen molar-refractivity contribution in [1.82, 2.24) is 9.55 Å². The second-order valence-electron chi connectivity index (χ2n) is 11.3. The number of amides is 1. The molecule has 0 unspecified atom stereocenters. The topological polar surface area (TPSA) is 46.9 Å². The third kappa shape index (κ3) is 5.28. The SMILES string of the molecule is Cc1cc(-c2ccccc2)cc2c1nc(C)n2Cc1ccc2c(c1)CCc1ccccc1C2=CC(=O)Nc1ccccc1. The van der Waals surface area contributed by atoms with E-state index in [1.807, 2.05) is 30.3 Å². The van der Waals surface area contributed by atoms with Crippen molar-refractivity contribution in [2.75, 3.05) is 5.32 Å². The van der Waals surface area contributed by atoms with Gasteiger partial charge in [0.2, 0.25) is 5.91 Å². The number of aromatic nitrogens is 2. The summed E-state index contributed by atoms with van der Waals surface area (Å²) in [4.78, 5) is 18.2. The predicted octanol–water partition coefficient (Wildman–Crippen LogP) is 8.54. The normalized spacial score (nSPS) is 13.4. The number of fused-ring (bicyclic) bond motifs is 3. The van der Waals surface area contributed by atoms with E-state index in [2.05, 4.69) is 109 Å². The number of nitrogens with one attached hydrogen (secondary N) is 1. The van der Waals surface area contributed by atoms with Gasteiger partial charge in [0.1, 0.15) is 5.82 Å². The first-order valence-corrected chi connectivity index (χ1v) is 14.8. The number of carbonyl (C=O) groups is 1. The van der Waals surface area contributed by atoms with E-state index in [9.17, 15) is 4.79 Å². The highest BCUT2D eigenvalue weighted by Gasteiger charge is 2.20. The minimum atomic E-state index is -0.127. The van der Waals surface area contributed by atoms with Crippen LogP contribution in [0, 0.1) is 13.8 Å². The van der Waals surface area contributed by atoms with Crippen molar-refractivity contribution in [2.24, 2.45) is 0 Å². The lowest BCUT2D eigenvalue weighted by Crippen LogP contribution is -2.09. The Labute approximate surface area is 252 Å². The zero-order valence-electron chi connectivity index (χ0n) is 24.5. The Balaban J connectivity index is 1.26. The standard InChI is InChI=1S/C39H33N3O/c1-26-21-32(29-11-5-3-6-12-29)23-37-39(26)40-27(2)42(37)25-28-17-20-35-31(22-28)19-18-30-13-9-10-16-34(30)36(35)24-38(43)41-33-14-7-4-8-15-33/h3-17,20-24H,18-19,25H2,1-2H3,(H,41,43). The molecule has 1 aliphatic rings. The van der Waals surface area contributed by atoms with Gasteiger partial charge in [-0.25, -0.2) is 4.98 Å². The van der Waals surface area contributed by atoms with Crippen LogP contribution in [0.4, 0.5) is 5.69 Å². The van der Waals surface area contributed by atoms with Gasteiger partial charge in [-0.2, -0.15) is 0 Å². The molecule has 0 aliphatic heterocycles. The molecule has 0 radical (unpaired) electrons. The van der Waals surface area contributed by atoms with E-state index < -0.39 is 0 Å². The molecule has 43 heavy (non-hydrogen) atoms. The van der Waals surface area contributed by atoms with Crippen LogP contribution >= 0.6 is 0 Å². The summed E-state index contributed by atoms with van der Waals surface area (Å²) in [5, 5.41) is 3.03. The summed E-state index contributed by atoms with van der Waals surface area (Å²) in [6, 6.07) is 39.8. The molecule has 0 saturated carbocycles. The predicted molar refractivity (Wildman–Crippen MR) is 176 cm³/mol. The van der Waals surface area contributed by atoms with Crippen molar-refractivity contribution >= 4 is 28.2 Å². The molecule has 4 heteroatoms. The Morgan fingerprint density at radius 1 is 0.767 bits per heavy atom. The summed E-state index contributed by atoms with van der Waals surface area (Å²) in [6.45, 7) is 4.97. The summed E-state index contributed by atoms with van der Waals surface area (Å²) in [5.74, 6) is 0.877. The van der Waals surface area contributed by atoms with Crippen molar-refractivity contribution in [1.29, 1.82) is 0 Å². The number of hydrogen-bond acceptors (Lipinski definition) is 2. The highest BCUT2D eigenvalue weighted by Crippen LogP contribution is 2.35. The number of para-hydroxylation sites is 1. The van der Waals surface area contributed by atoms with E-state index >= 15 is 0 Å².